The summed E-state index contributed by atoms with van der Waals surface area (Å²) in [6.07, 6.45) is 2.23. The average Bonchev–Trinajstić information content (AvgIpc) is 1.49. The van der Waals surface area contributed by atoms with Crippen molar-refractivity contribution >= 4 is 7.85 Å². The van der Waals surface area contributed by atoms with Gasteiger partial charge in [-0.2, -0.15) is 0 Å². The SMILES string of the molecule is [B]C(CC(C)(C)C)CC(C)(C)C. The Hall–Kier alpha value is 0.0649. The molecule has 0 bridgehead atoms. The summed E-state index contributed by atoms with van der Waals surface area (Å²) in [6, 6.07) is 0. The molecule has 0 aliphatic heterocycles. The van der Waals surface area contributed by atoms with Crippen LogP contribution in [0, 0.1) is 10.8 Å². The highest BCUT2D eigenvalue weighted by Gasteiger charge is 2.19. The zero-order valence-electron chi connectivity index (χ0n) is 9.57. The molecular weight excluding hydrogens is 143 g/mol. The largest absolute Gasteiger partial charge is 0.0764 e. The first-order chi connectivity index (χ1) is 5.10. The topological polar surface area (TPSA) is 0 Å². The molecule has 0 aromatic carbocycles. The summed E-state index contributed by atoms with van der Waals surface area (Å²) >= 11 is 0. The highest BCUT2D eigenvalue weighted by molar-refractivity contribution is 6.11. The lowest BCUT2D eigenvalue weighted by atomic mass is 9.68. The highest BCUT2D eigenvalue weighted by atomic mass is 14.2. The van der Waals surface area contributed by atoms with Gasteiger partial charge in [-0.05, 0) is 10.8 Å². The van der Waals surface area contributed by atoms with Gasteiger partial charge in [0.2, 0.25) is 0 Å². The Morgan fingerprint density at radius 3 is 1.25 bits per heavy atom. The van der Waals surface area contributed by atoms with E-state index in [2.05, 4.69) is 41.5 Å². The van der Waals surface area contributed by atoms with Gasteiger partial charge in [-0.3, -0.25) is 0 Å². The minimum atomic E-state index is 0.352. The van der Waals surface area contributed by atoms with Crippen LogP contribution in [0.15, 0.2) is 0 Å². The molecular formula is C11H23B. The van der Waals surface area contributed by atoms with Crippen LogP contribution in [0.25, 0.3) is 0 Å². The zero-order valence-corrected chi connectivity index (χ0v) is 9.57. The van der Waals surface area contributed by atoms with Crippen molar-refractivity contribution in [3.05, 3.63) is 0 Å². The average molecular weight is 166 g/mol. The molecule has 1 heteroatoms. The standard InChI is InChI=1S/C11H23B/c1-10(2,3)7-9(12)8-11(4,5)6/h9H,7-8H2,1-6H3. The van der Waals surface area contributed by atoms with Gasteiger partial charge in [0.15, 0.2) is 0 Å². The monoisotopic (exact) mass is 166 g/mol. The Bertz CT molecular complexity index is 109. The maximum absolute atomic E-state index is 6.05. The van der Waals surface area contributed by atoms with Gasteiger partial charge < -0.3 is 0 Å². The molecule has 0 heterocycles. The molecule has 0 unspecified atom stereocenters. The van der Waals surface area contributed by atoms with E-state index in [-0.39, 0.29) is 0 Å². The van der Waals surface area contributed by atoms with Crippen LogP contribution in [-0.4, -0.2) is 7.85 Å². The molecule has 0 aromatic rings. The van der Waals surface area contributed by atoms with Crippen molar-refractivity contribution in [1.82, 2.24) is 0 Å². The second-order valence-corrected chi connectivity index (χ2v) is 6.29. The van der Waals surface area contributed by atoms with Crippen molar-refractivity contribution in [2.75, 3.05) is 0 Å². The molecule has 0 spiro atoms. The predicted molar refractivity (Wildman–Crippen MR) is 57.6 cm³/mol. The summed E-state index contributed by atoms with van der Waals surface area (Å²) in [7, 11) is 6.05. The van der Waals surface area contributed by atoms with Crippen LogP contribution in [0.5, 0.6) is 0 Å². The van der Waals surface area contributed by atoms with Crippen molar-refractivity contribution < 1.29 is 0 Å². The van der Waals surface area contributed by atoms with Gasteiger partial charge in [-0.1, -0.05) is 60.2 Å². The van der Waals surface area contributed by atoms with Crippen LogP contribution >= 0.6 is 0 Å². The lowest BCUT2D eigenvalue weighted by Crippen LogP contribution is -2.15. The summed E-state index contributed by atoms with van der Waals surface area (Å²) in [5.74, 6) is 0.352. The van der Waals surface area contributed by atoms with Gasteiger partial charge >= 0.3 is 0 Å². The third-order valence-corrected chi connectivity index (χ3v) is 1.75. The molecule has 0 saturated heterocycles. The van der Waals surface area contributed by atoms with E-state index in [0.29, 0.717) is 16.6 Å². The van der Waals surface area contributed by atoms with E-state index in [0.717, 1.165) is 12.8 Å². The molecule has 0 nitrogen and oxygen atoms in total. The fraction of sp³-hybridized carbons (Fsp3) is 1.00. The number of hydrogen-bond donors (Lipinski definition) is 0. The molecule has 0 fully saturated rings. The third-order valence-electron chi connectivity index (χ3n) is 1.75. The van der Waals surface area contributed by atoms with Gasteiger partial charge in [0, 0.05) is 0 Å². The normalized spacial score (nSPS) is 13.9. The molecule has 0 amide bonds. The van der Waals surface area contributed by atoms with E-state index in [4.69, 9.17) is 7.85 Å². The van der Waals surface area contributed by atoms with Crippen LogP contribution < -0.4 is 0 Å². The molecule has 0 saturated carbocycles. The van der Waals surface area contributed by atoms with Gasteiger partial charge in [-0.15, -0.1) is 0 Å². The maximum atomic E-state index is 6.05. The first kappa shape index (κ1) is 12.1. The molecule has 0 rings (SSSR count). The van der Waals surface area contributed by atoms with E-state index < -0.39 is 0 Å². The molecule has 12 heavy (non-hydrogen) atoms. The van der Waals surface area contributed by atoms with Crippen LogP contribution in [-0.2, 0) is 0 Å². The van der Waals surface area contributed by atoms with Gasteiger partial charge in [-0.25, -0.2) is 0 Å². The van der Waals surface area contributed by atoms with E-state index in [1.54, 1.807) is 0 Å². The van der Waals surface area contributed by atoms with Crippen molar-refractivity contribution in [1.29, 1.82) is 0 Å². The van der Waals surface area contributed by atoms with E-state index in [1.807, 2.05) is 0 Å². The van der Waals surface area contributed by atoms with Gasteiger partial charge in [0.1, 0.15) is 0 Å². The van der Waals surface area contributed by atoms with E-state index in [1.165, 1.54) is 0 Å². The lowest BCUT2D eigenvalue weighted by Gasteiger charge is -2.28. The highest BCUT2D eigenvalue weighted by Crippen LogP contribution is 2.34. The first-order valence-electron chi connectivity index (χ1n) is 4.86. The summed E-state index contributed by atoms with van der Waals surface area (Å²) in [4.78, 5) is 0. The van der Waals surface area contributed by atoms with Crippen LogP contribution in [0.3, 0.4) is 0 Å². The molecule has 0 aromatic heterocycles. The van der Waals surface area contributed by atoms with Crippen LogP contribution in [0.1, 0.15) is 54.4 Å². The Morgan fingerprint density at radius 1 is 0.833 bits per heavy atom. The van der Waals surface area contributed by atoms with E-state index in [9.17, 15) is 0 Å². The molecule has 70 valence electrons. The summed E-state index contributed by atoms with van der Waals surface area (Å²) in [5, 5.41) is 0. The zero-order chi connectivity index (χ0) is 9.99. The summed E-state index contributed by atoms with van der Waals surface area (Å²) in [5.41, 5.74) is 0.731. The van der Waals surface area contributed by atoms with Crippen LogP contribution in [0.2, 0.25) is 5.82 Å². The molecule has 2 radical (unpaired) electrons. The third kappa shape index (κ3) is 8.16. The Labute approximate surface area is 79.5 Å². The lowest BCUT2D eigenvalue weighted by molar-refractivity contribution is 0.302. The molecule has 0 aliphatic rings. The minimum Gasteiger partial charge on any atom is -0.0764 e. The van der Waals surface area contributed by atoms with Crippen molar-refractivity contribution in [3.63, 3.8) is 0 Å². The van der Waals surface area contributed by atoms with Crippen molar-refractivity contribution in [3.8, 4) is 0 Å². The first-order valence-corrected chi connectivity index (χ1v) is 4.86. The predicted octanol–water partition coefficient (Wildman–Crippen LogP) is 3.82. The fourth-order valence-electron chi connectivity index (χ4n) is 1.65. The maximum Gasteiger partial charge on any atom is 0.0700 e. The molecule has 0 atom stereocenters. The Morgan fingerprint density at radius 2 is 1.08 bits per heavy atom. The van der Waals surface area contributed by atoms with Gasteiger partial charge in [0.05, 0.1) is 7.85 Å². The van der Waals surface area contributed by atoms with Crippen molar-refractivity contribution in [2.45, 2.75) is 60.2 Å². The summed E-state index contributed by atoms with van der Waals surface area (Å²) in [6.45, 7) is 13.5. The Balaban J connectivity index is 3.83. The van der Waals surface area contributed by atoms with Crippen LogP contribution in [0.4, 0.5) is 0 Å². The number of rotatable bonds is 2. The second-order valence-electron chi connectivity index (χ2n) is 6.29. The summed E-state index contributed by atoms with van der Waals surface area (Å²) < 4.78 is 0. The number of hydrogen-bond acceptors (Lipinski definition) is 0. The quantitative estimate of drug-likeness (QED) is 0.547. The van der Waals surface area contributed by atoms with E-state index >= 15 is 0 Å². The van der Waals surface area contributed by atoms with Gasteiger partial charge in [0.25, 0.3) is 0 Å². The molecule has 0 N–H and O–H groups in total. The van der Waals surface area contributed by atoms with Crippen molar-refractivity contribution in [2.24, 2.45) is 10.8 Å². The fourth-order valence-corrected chi connectivity index (χ4v) is 1.65. The Kier molecular flexibility index (Phi) is 3.87. The molecule has 0 aliphatic carbocycles. The second kappa shape index (κ2) is 3.85. The smallest absolute Gasteiger partial charge is 0.0700 e. The minimum absolute atomic E-state index is 0.352.